The summed E-state index contributed by atoms with van der Waals surface area (Å²) in [6, 6.07) is 0.325. The van der Waals surface area contributed by atoms with Crippen molar-refractivity contribution >= 4 is 0 Å². The first-order chi connectivity index (χ1) is 7.61. The number of aromatic nitrogens is 2. The molecule has 1 N–H and O–H groups in total. The van der Waals surface area contributed by atoms with E-state index in [2.05, 4.69) is 41.0 Å². The zero-order chi connectivity index (χ0) is 11.6. The summed E-state index contributed by atoms with van der Waals surface area (Å²) in [6.07, 6.45) is 5.35. The molecular weight excluding hydrogens is 200 g/mol. The summed E-state index contributed by atoms with van der Waals surface area (Å²) < 4.78 is 0. The Kier molecular flexibility index (Phi) is 3.21. The Morgan fingerprint density at radius 1 is 1.44 bits per heavy atom. The van der Waals surface area contributed by atoms with Crippen LogP contribution in [-0.2, 0) is 0 Å². The van der Waals surface area contributed by atoms with Crippen LogP contribution in [0.25, 0.3) is 0 Å². The van der Waals surface area contributed by atoms with E-state index in [1.165, 1.54) is 0 Å². The maximum Gasteiger partial charge on any atom is 0.0755 e. The van der Waals surface area contributed by atoms with Crippen LogP contribution in [0.15, 0.2) is 18.6 Å². The van der Waals surface area contributed by atoms with Gasteiger partial charge in [0.2, 0.25) is 0 Å². The van der Waals surface area contributed by atoms with Crippen molar-refractivity contribution in [3.05, 3.63) is 24.3 Å². The van der Waals surface area contributed by atoms with E-state index >= 15 is 0 Å². The SMILES string of the molecule is CC(c1cnccn1)N1CCNCC1(C)C. The normalized spacial score (nSPS) is 22.9. The van der Waals surface area contributed by atoms with Gasteiger partial charge in [-0.05, 0) is 20.8 Å². The van der Waals surface area contributed by atoms with E-state index in [0.29, 0.717) is 6.04 Å². The Labute approximate surface area is 97.1 Å². The number of piperazine rings is 1. The highest BCUT2D eigenvalue weighted by molar-refractivity contribution is 5.05. The van der Waals surface area contributed by atoms with Crippen molar-refractivity contribution in [1.82, 2.24) is 20.2 Å². The van der Waals surface area contributed by atoms with Crippen LogP contribution in [0, 0.1) is 0 Å². The zero-order valence-corrected chi connectivity index (χ0v) is 10.3. The minimum absolute atomic E-state index is 0.176. The number of nitrogens with one attached hydrogen (secondary N) is 1. The molecule has 4 nitrogen and oxygen atoms in total. The molecule has 0 bridgehead atoms. The van der Waals surface area contributed by atoms with Crippen LogP contribution in [0.3, 0.4) is 0 Å². The molecule has 0 aromatic carbocycles. The molecule has 16 heavy (non-hydrogen) atoms. The lowest BCUT2D eigenvalue weighted by Gasteiger charge is -2.46. The molecule has 1 unspecified atom stereocenters. The third-order valence-corrected chi connectivity index (χ3v) is 3.34. The number of hydrogen-bond donors (Lipinski definition) is 1. The Morgan fingerprint density at radius 3 is 2.88 bits per heavy atom. The summed E-state index contributed by atoms with van der Waals surface area (Å²) in [5, 5.41) is 3.43. The standard InChI is InChI=1S/C12H20N4/c1-10(11-8-13-4-5-15-11)16-7-6-14-9-12(16,2)3/h4-5,8,10,14H,6-7,9H2,1-3H3. The van der Waals surface area contributed by atoms with E-state index in [0.717, 1.165) is 25.3 Å². The lowest BCUT2D eigenvalue weighted by atomic mass is 9.97. The molecule has 1 atom stereocenters. The Morgan fingerprint density at radius 2 is 2.25 bits per heavy atom. The molecule has 2 heterocycles. The molecule has 1 fully saturated rings. The minimum atomic E-state index is 0.176. The van der Waals surface area contributed by atoms with Gasteiger partial charge in [0.15, 0.2) is 0 Å². The fourth-order valence-corrected chi connectivity index (χ4v) is 2.40. The van der Waals surface area contributed by atoms with Crippen molar-refractivity contribution in [2.45, 2.75) is 32.4 Å². The fourth-order valence-electron chi connectivity index (χ4n) is 2.40. The summed E-state index contributed by atoms with van der Waals surface area (Å²) in [6.45, 7) is 9.88. The second kappa shape index (κ2) is 4.47. The molecule has 0 saturated carbocycles. The Balaban J connectivity index is 2.17. The second-order valence-electron chi connectivity index (χ2n) is 4.99. The molecule has 1 aliphatic rings. The van der Waals surface area contributed by atoms with Crippen molar-refractivity contribution in [3.63, 3.8) is 0 Å². The lowest BCUT2D eigenvalue weighted by molar-refractivity contribution is 0.0498. The predicted octanol–water partition coefficient (Wildman–Crippen LogP) is 1.22. The van der Waals surface area contributed by atoms with Gasteiger partial charge in [0, 0.05) is 43.8 Å². The van der Waals surface area contributed by atoms with Gasteiger partial charge in [-0.1, -0.05) is 0 Å². The molecule has 0 amide bonds. The van der Waals surface area contributed by atoms with Crippen LogP contribution in [0.2, 0.25) is 0 Å². The minimum Gasteiger partial charge on any atom is -0.314 e. The Bertz CT molecular complexity index is 336. The quantitative estimate of drug-likeness (QED) is 0.813. The van der Waals surface area contributed by atoms with Crippen LogP contribution in [0.4, 0.5) is 0 Å². The van der Waals surface area contributed by atoms with Gasteiger partial charge in [-0.25, -0.2) is 0 Å². The average Bonchev–Trinajstić information content (AvgIpc) is 2.29. The van der Waals surface area contributed by atoms with Crippen molar-refractivity contribution in [1.29, 1.82) is 0 Å². The summed E-state index contributed by atoms with van der Waals surface area (Å²) >= 11 is 0. The lowest BCUT2D eigenvalue weighted by Crippen LogP contribution is -2.58. The van der Waals surface area contributed by atoms with E-state index in [4.69, 9.17) is 0 Å². The third kappa shape index (κ3) is 2.23. The number of hydrogen-bond acceptors (Lipinski definition) is 4. The summed E-state index contributed by atoms with van der Waals surface area (Å²) in [4.78, 5) is 11.0. The van der Waals surface area contributed by atoms with E-state index in [1.54, 1.807) is 12.4 Å². The zero-order valence-electron chi connectivity index (χ0n) is 10.3. The van der Waals surface area contributed by atoms with Gasteiger partial charge in [0.1, 0.15) is 0 Å². The highest BCUT2D eigenvalue weighted by atomic mass is 15.3. The van der Waals surface area contributed by atoms with E-state index in [-0.39, 0.29) is 5.54 Å². The smallest absolute Gasteiger partial charge is 0.0755 e. The molecule has 1 saturated heterocycles. The molecule has 1 aromatic rings. The monoisotopic (exact) mass is 220 g/mol. The maximum absolute atomic E-state index is 4.39. The Hall–Kier alpha value is -1.00. The van der Waals surface area contributed by atoms with E-state index in [9.17, 15) is 0 Å². The molecule has 0 spiro atoms. The fraction of sp³-hybridized carbons (Fsp3) is 0.667. The molecule has 1 aromatic heterocycles. The van der Waals surface area contributed by atoms with E-state index < -0.39 is 0 Å². The molecule has 88 valence electrons. The first-order valence-corrected chi connectivity index (χ1v) is 5.84. The molecular formula is C12H20N4. The highest BCUT2D eigenvalue weighted by Gasteiger charge is 2.33. The second-order valence-corrected chi connectivity index (χ2v) is 4.99. The summed E-state index contributed by atoms with van der Waals surface area (Å²) in [5.74, 6) is 0. The van der Waals surface area contributed by atoms with Crippen LogP contribution in [0.5, 0.6) is 0 Å². The van der Waals surface area contributed by atoms with Crippen molar-refractivity contribution in [2.75, 3.05) is 19.6 Å². The first kappa shape index (κ1) is 11.5. The summed E-state index contributed by atoms with van der Waals surface area (Å²) in [5.41, 5.74) is 1.23. The topological polar surface area (TPSA) is 41.1 Å². The molecule has 2 rings (SSSR count). The molecule has 0 radical (unpaired) electrons. The number of nitrogens with zero attached hydrogens (tertiary/aromatic N) is 3. The van der Waals surface area contributed by atoms with Gasteiger partial charge in [-0.3, -0.25) is 14.9 Å². The molecule has 4 heteroatoms. The van der Waals surface area contributed by atoms with Gasteiger partial charge >= 0.3 is 0 Å². The molecule has 1 aliphatic heterocycles. The van der Waals surface area contributed by atoms with Gasteiger partial charge in [0.25, 0.3) is 0 Å². The van der Waals surface area contributed by atoms with Crippen LogP contribution in [-0.4, -0.2) is 40.0 Å². The van der Waals surface area contributed by atoms with Crippen LogP contribution < -0.4 is 5.32 Å². The maximum atomic E-state index is 4.39. The van der Waals surface area contributed by atoms with Crippen molar-refractivity contribution in [3.8, 4) is 0 Å². The molecule has 0 aliphatic carbocycles. The van der Waals surface area contributed by atoms with Crippen LogP contribution in [0.1, 0.15) is 32.5 Å². The van der Waals surface area contributed by atoms with Gasteiger partial charge in [0.05, 0.1) is 11.7 Å². The van der Waals surface area contributed by atoms with Crippen LogP contribution >= 0.6 is 0 Å². The first-order valence-electron chi connectivity index (χ1n) is 5.84. The van der Waals surface area contributed by atoms with Gasteiger partial charge in [-0.2, -0.15) is 0 Å². The van der Waals surface area contributed by atoms with Crippen molar-refractivity contribution in [2.24, 2.45) is 0 Å². The van der Waals surface area contributed by atoms with Gasteiger partial charge < -0.3 is 5.32 Å². The predicted molar refractivity (Wildman–Crippen MR) is 64.1 cm³/mol. The van der Waals surface area contributed by atoms with Gasteiger partial charge in [-0.15, -0.1) is 0 Å². The third-order valence-electron chi connectivity index (χ3n) is 3.34. The average molecular weight is 220 g/mol. The van der Waals surface area contributed by atoms with Crippen molar-refractivity contribution < 1.29 is 0 Å². The largest absolute Gasteiger partial charge is 0.314 e. The summed E-state index contributed by atoms with van der Waals surface area (Å²) in [7, 11) is 0. The number of rotatable bonds is 2. The van der Waals surface area contributed by atoms with E-state index in [1.807, 2.05) is 6.20 Å². The highest BCUT2D eigenvalue weighted by Crippen LogP contribution is 2.27.